The van der Waals surface area contributed by atoms with Gasteiger partial charge < -0.3 is 0 Å². The predicted octanol–water partition coefficient (Wildman–Crippen LogP) is 0.514. The van der Waals surface area contributed by atoms with Crippen LogP contribution in [0.1, 0.15) is 6.42 Å². The molecule has 0 radical (unpaired) electrons. The second-order valence-electron chi connectivity index (χ2n) is 3.82. The fourth-order valence-corrected chi connectivity index (χ4v) is 5.98. The number of sulfonamides is 1. The summed E-state index contributed by atoms with van der Waals surface area (Å²) in [6.07, 6.45) is 3.58. The van der Waals surface area contributed by atoms with E-state index in [2.05, 4.69) is 6.66 Å². The number of nitrogens with zero attached hydrogens (tertiary/aromatic N) is 1. The fraction of sp³-hybridized carbons (Fsp3) is 1.00. The van der Waals surface area contributed by atoms with Gasteiger partial charge in [0.25, 0.3) is 0 Å². The van der Waals surface area contributed by atoms with Crippen LogP contribution >= 0.6 is 7.92 Å². The molecule has 0 amide bonds. The lowest BCUT2D eigenvalue weighted by molar-refractivity contribution is 0.412. The van der Waals surface area contributed by atoms with Crippen molar-refractivity contribution in [1.82, 2.24) is 4.31 Å². The molecule has 0 saturated carbocycles. The molecule has 3 nitrogen and oxygen atoms in total. The molecule has 5 heteroatoms. The van der Waals surface area contributed by atoms with Crippen molar-refractivity contribution in [3.8, 4) is 0 Å². The van der Waals surface area contributed by atoms with Gasteiger partial charge in [0, 0.05) is 12.6 Å². The highest BCUT2D eigenvalue weighted by atomic mass is 32.2. The van der Waals surface area contributed by atoms with Gasteiger partial charge in [-0.1, -0.05) is 0 Å². The lowest BCUT2D eigenvalue weighted by Gasteiger charge is -2.27. The minimum atomic E-state index is -2.91. The number of fused-ring (bicyclic) bond motifs is 2. The molecule has 2 heterocycles. The van der Waals surface area contributed by atoms with Gasteiger partial charge in [0.1, 0.15) is 0 Å². The molecular formula is C7H14NO2PS. The molecule has 3 atom stereocenters. The standard InChI is InChI=1S/C7H14NO2PS/c1-11-5-6-3-7(11)4-8(6)12(2,9)10/h6-7H,3-5H2,1-2H3/t6?,7-,11+/m1/s1. The van der Waals surface area contributed by atoms with Crippen LogP contribution in [0.4, 0.5) is 0 Å². The maximum Gasteiger partial charge on any atom is 0.211 e. The monoisotopic (exact) mass is 207 g/mol. The van der Waals surface area contributed by atoms with E-state index in [9.17, 15) is 8.42 Å². The van der Waals surface area contributed by atoms with Crippen LogP contribution in [0, 0.1) is 0 Å². The third-order valence-electron chi connectivity index (χ3n) is 2.89. The van der Waals surface area contributed by atoms with Gasteiger partial charge in [0.2, 0.25) is 10.0 Å². The third-order valence-corrected chi connectivity index (χ3v) is 6.81. The summed E-state index contributed by atoms with van der Waals surface area (Å²) in [5.41, 5.74) is 0.694. The number of rotatable bonds is 1. The zero-order valence-corrected chi connectivity index (χ0v) is 9.11. The van der Waals surface area contributed by atoms with E-state index in [0.29, 0.717) is 11.7 Å². The molecule has 1 unspecified atom stereocenters. The Bertz CT molecular complexity index is 288. The Morgan fingerprint density at radius 1 is 1.50 bits per heavy atom. The van der Waals surface area contributed by atoms with Crippen molar-refractivity contribution >= 4 is 17.9 Å². The first-order valence-electron chi connectivity index (χ1n) is 4.15. The smallest absolute Gasteiger partial charge is 0.211 e. The second kappa shape index (κ2) is 2.66. The first-order chi connectivity index (χ1) is 5.48. The van der Waals surface area contributed by atoms with Gasteiger partial charge in [-0.15, -0.1) is 7.92 Å². The molecule has 0 spiro atoms. The van der Waals surface area contributed by atoms with E-state index in [1.807, 2.05) is 0 Å². The molecule has 0 aromatic carbocycles. The van der Waals surface area contributed by atoms with Crippen LogP contribution in [0.25, 0.3) is 0 Å². The Hall–Kier alpha value is 0.340. The van der Waals surface area contributed by atoms with Crippen molar-refractivity contribution in [2.24, 2.45) is 0 Å². The molecule has 2 aliphatic rings. The van der Waals surface area contributed by atoms with Gasteiger partial charge in [-0.2, -0.15) is 4.31 Å². The molecule has 2 saturated heterocycles. The molecule has 2 fully saturated rings. The van der Waals surface area contributed by atoms with Crippen molar-refractivity contribution in [2.75, 3.05) is 25.6 Å². The van der Waals surface area contributed by atoms with E-state index in [-0.39, 0.29) is 7.92 Å². The lowest BCUT2D eigenvalue weighted by atomic mass is 10.3. The average Bonchev–Trinajstić information content (AvgIpc) is 2.41. The van der Waals surface area contributed by atoms with Gasteiger partial charge in [0.15, 0.2) is 0 Å². The zero-order chi connectivity index (χ0) is 8.93. The average molecular weight is 207 g/mol. The molecule has 2 bridgehead atoms. The van der Waals surface area contributed by atoms with Gasteiger partial charge in [-0.05, 0) is 24.9 Å². The largest absolute Gasteiger partial charge is 0.212 e. The first kappa shape index (κ1) is 8.92. The highest BCUT2D eigenvalue weighted by molar-refractivity contribution is 7.88. The van der Waals surface area contributed by atoms with E-state index < -0.39 is 10.0 Å². The second-order valence-corrected chi connectivity index (χ2v) is 8.36. The maximum atomic E-state index is 11.3. The summed E-state index contributed by atoms with van der Waals surface area (Å²) in [5, 5.41) is 0. The Morgan fingerprint density at radius 2 is 2.17 bits per heavy atom. The van der Waals surface area contributed by atoms with Crippen molar-refractivity contribution in [1.29, 1.82) is 0 Å². The molecule has 2 rings (SSSR count). The summed E-state index contributed by atoms with van der Waals surface area (Å²) in [4.78, 5) is 0. The van der Waals surface area contributed by atoms with E-state index in [4.69, 9.17) is 0 Å². The molecule has 0 N–H and O–H groups in total. The summed E-state index contributed by atoms with van der Waals surface area (Å²) >= 11 is 0. The van der Waals surface area contributed by atoms with Crippen LogP contribution in [0.2, 0.25) is 0 Å². The summed E-state index contributed by atoms with van der Waals surface area (Å²) in [7, 11) is -2.77. The van der Waals surface area contributed by atoms with Crippen molar-refractivity contribution in [2.45, 2.75) is 18.1 Å². The maximum absolute atomic E-state index is 11.3. The van der Waals surface area contributed by atoms with Gasteiger partial charge in [-0.25, -0.2) is 8.42 Å². The SMILES string of the molecule is C[P@@]1CC2C[C@@H]1CN2S(C)(=O)=O. The molecule has 0 aromatic rings. The van der Waals surface area contributed by atoms with Crippen molar-refractivity contribution in [3.63, 3.8) is 0 Å². The van der Waals surface area contributed by atoms with Crippen LogP contribution in [-0.2, 0) is 10.0 Å². The normalized spacial score (nSPS) is 42.3. The third kappa shape index (κ3) is 1.30. The van der Waals surface area contributed by atoms with Crippen LogP contribution in [0.15, 0.2) is 0 Å². The van der Waals surface area contributed by atoms with E-state index in [1.165, 1.54) is 6.26 Å². The highest BCUT2D eigenvalue weighted by Crippen LogP contribution is 2.53. The van der Waals surface area contributed by atoms with Crippen molar-refractivity contribution in [3.05, 3.63) is 0 Å². The van der Waals surface area contributed by atoms with Gasteiger partial charge in [0.05, 0.1) is 6.26 Å². The van der Waals surface area contributed by atoms with E-state index in [0.717, 1.165) is 19.1 Å². The van der Waals surface area contributed by atoms with Gasteiger partial charge in [-0.3, -0.25) is 0 Å². The van der Waals surface area contributed by atoms with Crippen LogP contribution in [-0.4, -0.2) is 50.1 Å². The lowest BCUT2D eigenvalue weighted by Crippen LogP contribution is -2.38. The summed E-state index contributed by atoms with van der Waals surface area (Å²) in [6, 6.07) is 0.348. The van der Waals surface area contributed by atoms with Gasteiger partial charge >= 0.3 is 0 Å². The summed E-state index contributed by atoms with van der Waals surface area (Å²) in [6.45, 7) is 3.09. The van der Waals surface area contributed by atoms with Crippen LogP contribution < -0.4 is 0 Å². The Kier molecular flexibility index (Phi) is 1.98. The molecule has 12 heavy (non-hydrogen) atoms. The molecule has 0 aliphatic carbocycles. The highest BCUT2D eigenvalue weighted by Gasteiger charge is 2.45. The topological polar surface area (TPSA) is 37.4 Å². The zero-order valence-electron chi connectivity index (χ0n) is 7.40. The molecule has 0 aromatic heterocycles. The Morgan fingerprint density at radius 3 is 2.50 bits per heavy atom. The molecule has 2 aliphatic heterocycles. The first-order valence-corrected chi connectivity index (χ1v) is 8.04. The number of hydrogen-bond acceptors (Lipinski definition) is 2. The predicted molar refractivity (Wildman–Crippen MR) is 51.5 cm³/mol. The fourth-order valence-electron chi connectivity index (χ4n) is 2.24. The summed E-state index contributed by atoms with van der Waals surface area (Å²) in [5.74, 6) is 0. The van der Waals surface area contributed by atoms with Crippen LogP contribution in [0.5, 0.6) is 0 Å². The summed E-state index contributed by atoms with van der Waals surface area (Å²) < 4.78 is 24.2. The van der Waals surface area contributed by atoms with Crippen molar-refractivity contribution < 1.29 is 8.42 Å². The van der Waals surface area contributed by atoms with E-state index in [1.54, 1.807) is 4.31 Å². The van der Waals surface area contributed by atoms with Crippen LogP contribution in [0.3, 0.4) is 0 Å². The minimum absolute atomic E-state index is 0.141. The molecular weight excluding hydrogens is 193 g/mol. The number of hydrogen-bond donors (Lipinski definition) is 0. The van der Waals surface area contributed by atoms with E-state index >= 15 is 0 Å². The molecule has 70 valence electrons. The quantitative estimate of drug-likeness (QED) is 0.588. The Balaban J connectivity index is 2.18. The Labute approximate surface area is 74.9 Å². The minimum Gasteiger partial charge on any atom is -0.212 e.